The number of rotatable bonds is 5. The molecule has 2 fully saturated rings. The molecule has 142 valence electrons. The van der Waals surface area contributed by atoms with Gasteiger partial charge in [0, 0.05) is 24.3 Å². The Kier molecular flexibility index (Phi) is 6.11. The van der Waals surface area contributed by atoms with Crippen molar-refractivity contribution in [1.82, 2.24) is 10.2 Å². The van der Waals surface area contributed by atoms with Gasteiger partial charge in [0.2, 0.25) is 11.8 Å². The van der Waals surface area contributed by atoms with Crippen molar-refractivity contribution < 1.29 is 9.59 Å². The lowest BCUT2D eigenvalue weighted by Crippen LogP contribution is -2.64. The Morgan fingerprint density at radius 3 is 2.52 bits per heavy atom. The van der Waals surface area contributed by atoms with Crippen molar-refractivity contribution in [2.45, 2.75) is 83.2 Å². The van der Waals surface area contributed by atoms with Crippen LogP contribution in [0.2, 0.25) is 23.7 Å². The van der Waals surface area contributed by atoms with E-state index in [0.717, 1.165) is 12.2 Å². The van der Waals surface area contributed by atoms with Gasteiger partial charge in [-0.3, -0.25) is 14.5 Å². The number of β-lactam (4-membered cyclic amide) rings is 1. The van der Waals surface area contributed by atoms with Crippen molar-refractivity contribution in [1.29, 1.82) is 0 Å². The topological polar surface area (TPSA) is 49.4 Å². The van der Waals surface area contributed by atoms with Crippen LogP contribution in [0.5, 0.6) is 0 Å². The van der Waals surface area contributed by atoms with E-state index in [4.69, 9.17) is 12.2 Å². The van der Waals surface area contributed by atoms with Crippen LogP contribution in [0.25, 0.3) is 0 Å². The maximum absolute atomic E-state index is 12.8. The number of hydrogen-bond donors (Lipinski definition) is 1. The van der Waals surface area contributed by atoms with E-state index in [9.17, 15) is 9.59 Å². The van der Waals surface area contributed by atoms with Gasteiger partial charge in [-0.15, -0.1) is 0 Å². The fraction of sp³-hybridized carbons (Fsp3) is 0.833. The van der Waals surface area contributed by atoms with E-state index >= 15 is 0 Å². The Morgan fingerprint density at radius 1 is 1.44 bits per heavy atom. The summed E-state index contributed by atoms with van der Waals surface area (Å²) < 4.78 is 0.691. The second-order valence-corrected chi connectivity index (χ2v) is 16.5. The van der Waals surface area contributed by atoms with Crippen molar-refractivity contribution in [3.05, 3.63) is 0 Å². The molecule has 2 amide bonds. The van der Waals surface area contributed by atoms with Gasteiger partial charge in [-0.05, 0) is 17.0 Å². The van der Waals surface area contributed by atoms with Crippen LogP contribution in [0.4, 0.5) is 0 Å². The second kappa shape index (κ2) is 7.31. The number of carbonyl (C=O) groups is 2. The summed E-state index contributed by atoms with van der Waals surface area (Å²) in [5.74, 6) is 1.02. The van der Waals surface area contributed by atoms with E-state index in [1.54, 1.807) is 16.7 Å². The molecular weight excluding hydrogens is 368 g/mol. The van der Waals surface area contributed by atoms with E-state index in [1.807, 2.05) is 0 Å². The minimum atomic E-state index is -1.66. The molecule has 2 saturated heterocycles. The Labute approximate surface area is 162 Å². The molecule has 2 aliphatic rings. The van der Waals surface area contributed by atoms with E-state index in [0.29, 0.717) is 16.3 Å². The lowest BCUT2D eigenvalue weighted by Gasteiger charge is -2.50. The number of thiocarbonyl (C=S) groups is 1. The Hall–Kier alpha value is -0.403. The first-order chi connectivity index (χ1) is 11.4. The summed E-state index contributed by atoms with van der Waals surface area (Å²) in [7, 11) is -1.66. The fourth-order valence-electron chi connectivity index (χ4n) is 3.69. The van der Waals surface area contributed by atoms with Crippen molar-refractivity contribution in [3.63, 3.8) is 0 Å². The van der Waals surface area contributed by atoms with E-state index in [-0.39, 0.29) is 34.9 Å². The van der Waals surface area contributed by atoms with Crippen LogP contribution in [0.1, 0.15) is 47.5 Å². The summed E-state index contributed by atoms with van der Waals surface area (Å²) in [6.45, 7) is 15.9. The molecule has 0 saturated carbocycles. The Bertz CT molecular complexity index is 574. The lowest BCUT2D eigenvalue weighted by molar-refractivity contribution is -0.138. The van der Waals surface area contributed by atoms with E-state index in [2.05, 4.69) is 53.0 Å². The predicted octanol–water partition coefficient (Wildman–Crippen LogP) is 4.03. The molecule has 0 unspecified atom stereocenters. The van der Waals surface area contributed by atoms with Crippen molar-refractivity contribution in [2.24, 2.45) is 5.92 Å². The summed E-state index contributed by atoms with van der Waals surface area (Å²) >= 11 is 6.96. The molecule has 7 heteroatoms. The normalized spacial score (nSPS) is 28.6. The van der Waals surface area contributed by atoms with Crippen LogP contribution in [0, 0.1) is 5.92 Å². The molecule has 0 bridgehead atoms. The summed E-state index contributed by atoms with van der Waals surface area (Å²) in [4.78, 5) is 26.9. The number of carbonyl (C=O) groups excluding carboxylic acids is 2. The molecule has 2 heterocycles. The smallest absolute Gasteiger partial charge is 0.230 e. The van der Waals surface area contributed by atoms with Crippen molar-refractivity contribution in [2.75, 3.05) is 5.75 Å². The fourth-order valence-corrected chi connectivity index (χ4v) is 7.91. The highest BCUT2D eigenvalue weighted by Crippen LogP contribution is 2.49. The molecule has 25 heavy (non-hydrogen) atoms. The van der Waals surface area contributed by atoms with Gasteiger partial charge in [-0.1, -0.05) is 71.7 Å². The number of nitrogens with one attached hydrogen (secondary N) is 1. The molecule has 0 aromatic carbocycles. The second-order valence-electron chi connectivity index (χ2n) is 9.01. The monoisotopic (exact) mass is 400 g/mol. The summed E-state index contributed by atoms with van der Waals surface area (Å²) in [5.41, 5.74) is 0.334. The van der Waals surface area contributed by atoms with Crippen LogP contribution in [0.3, 0.4) is 0 Å². The zero-order valence-electron chi connectivity index (χ0n) is 16.5. The van der Waals surface area contributed by atoms with Gasteiger partial charge in [0.1, 0.15) is 4.32 Å². The first kappa shape index (κ1) is 20.9. The lowest BCUT2D eigenvalue weighted by atomic mass is 9.85. The standard InChI is InChI=1S/C18H32N2O2S2Si/c1-8-12-10-24-17(23)20(12)14(21)9-13-15(16(22)19-13)11(2)25(6,7)18(3,4)5/h11-13,15H,8-10H2,1-7H3,(H,19,22)/t11-,12+,13+,15+/m1/s1. The average molecular weight is 401 g/mol. The van der Waals surface area contributed by atoms with E-state index in [1.165, 1.54) is 0 Å². The molecule has 0 spiro atoms. The SMILES string of the molecule is CC[C@H]1CSC(=S)N1C(=O)C[C@@H]1NC(=O)[C@H]1[C@@H](C)[Si](C)(C)C(C)(C)C. The Balaban J connectivity index is 2.09. The molecule has 0 aromatic heterocycles. The van der Waals surface area contributed by atoms with Crippen LogP contribution in [-0.4, -0.2) is 46.9 Å². The molecular formula is C18H32N2O2S2Si. The molecule has 2 aliphatic heterocycles. The Morgan fingerprint density at radius 2 is 2.04 bits per heavy atom. The number of hydrogen-bond acceptors (Lipinski definition) is 4. The zero-order chi connectivity index (χ0) is 19.2. The maximum atomic E-state index is 12.8. The highest BCUT2D eigenvalue weighted by atomic mass is 32.2. The highest BCUT2D eigenvalue weighted by molar-refractivity contribution is 8.23. The van der Waals surface area contributed by atoms with Crippen LogP contribution >= 0.6 is 24.0 Å². The number of thioether (sulfide) groups is 1. The molecule has 1 N–H and O–H groups in total. The van der Waals surface area contributed by atoms with Gasteiger partial charge >= 0.3 is 0 Å². The molecule has 4 nitrogen and oxygen atoms in total. The quantitative estimate of drug-likeness (QED) is 0.430. The van der Waals surface area contributed by atoms with Crippen LogP contribution in [0.15, 0.2) is 0 Å². The van der Waals surface area contributed by atoms with Gasteiger partial charge in [0.15, 0.2) is 0 Å². The largest absolute Gasteiger partial charge is 0.352 e. The average Bonchev–Trinajstić information content (AvgIpc) is 2.86. The van der Waals surface area contributed by atoms with Crippen molar-refractivity contribution >= 4 is 48.2 Å². The van der Waals surface area contributed by atoms with Crippen molar-refractivity contribution in [3.8, 4) is 0 Å². The van der Waals surface area contributed by atoms with Gasteiger partial charge in [-0.25, -0.2) is 0 Å². The predicted molar refractivity (Wildman–Crippen MR) is 113 cm³/mol. The third-order valence-electron chi connectivity index (χ3n) is 6.77. The van der Waals surface area contributed by atoms with Gasteiger partial charge < -0.3 is 5.32 Å². The number of amides is 2. The zero-order valence-corrected chi connectivity index (χ0v) is 19.1. The van der Waals surface area contributed by atoms with Crippen LogP contribution < -0.4 is 5.32 Å². The molecule has 0 aliphatic carbocycles. The highest BCUT2D eigenvalue weighted by Gasteiger charge is 2.52. The molecule has 4 atom stereocenters. The van der Waals surface area contributed by atoms with Gasteiger partial charge in [-0.2, -0.15) is 0 Å². The summed E-state index contributed by atoms with van der Waals surface area (Å²) in [6, 6.07) is 0.159. The first-order valence-corrected chi connectivity index (χ1v) is 13.7. The molecule has 2 rings (SSSR count). The van der Waals surface area contributed by atoms with Gasteiger partial charge in [0.05, 0.1) is 14.0 Å². The summed E-state index contributed by atoms with van der Waals surface area (Å²) in [5, 5.41) is 3.20. The minimum Gasteiger partial charge on any atom is -0.352 e. The molecule has 0 aromatic rings. The molecule has 0 radical (unpaired) electrons. The first-order valence-electron chi connectivity index (χ1n) is 9.21. The summed E-state index contributed by atoms with van der Waals surface area (Å²) in [6.07, 6.45) is 1.28. The van der Waals surface area contributed by atoms with E-state index < -0.39 is 8.07 Å². The third-order valence-corrected chi connectivity index (χ3v) is 14.8. The van der Waals surface area contributed by atoms with Gasteiger partial charge in [0.25, 0.3) is 0 Å². The van der Waals surface area contributed by atoms with Crippen LogP contribution in [-0.2, 0) is 9.59 Å². The maximum Gasteiger partial charge on any atom is 0.230 e. The third kappa shape index (κ3) is 3.83. The number of nitrogens with zero attached hydrogens (tertiary/aromatic N) is 1. The minimum absolute atomic E-state index is 0.0463.